The lowest BCUT2D eigenvalue weighted by molar-refractivity contribution is 1.06. The van der Waals surface area contributed by atoms with Crippen molar-refractivity contribution in [2.24, 2.45) is 0 Å². The van der Waals surface area contributed by atoms with Crippen molar-refractivity contribution in [1.29, 1.82) is 0 Å². The zero-order valence-corrected chi connectivity index (χ0v) is 27.1. The molecule has 1 aliphatic rings. The van der Waals surface area contributed by atoms with Crippen molar-refractivity contribution in [1.82, 2.24) is 19.1 Å². The molecule has 0 bridgehead atoms. The molecule has 1 aliphatic heterocycles. The molecule has 47 heavy (non-hydrogen) atoms. The maximum absolute atomic E-state index is 5.49. The highest BCUT2D eigenvalue weighted by atomic mass is 28.3. The zero-order chi connectivity index (χ0) is 31.3. The third kappa shape index (κ3) is 3.63. The van der Waals surface area contributed by atoms with Gasteiger partial charge in [0.2, 0.25) is 0 Å². The predicted octanol–water partition coefficient (Wildman–Crippen LogP) is 9.14. The van der Waals surface area contributed by atoms with Gasteiger partial charge in [0.25, 0.3) is 0 Å². The molecule has 5 heteroatoms. The molecule has 0 unspecified atom stereocenters. The summed E-state index contributed by atoms with van der Waals surface area (Å²) in [5.74, 6) is 1.73. The van der Waals surface area contributed by atoms with Crippen LogP contribution in [0.1, 0.15) is 0 Å². The highest BCUT2D eigenvalue weighted by Crippen LogP contribution is 2.42. The number of hydrogen-bond acceptors (Lipinski definition) is 2. The minimum absolute atomic E-state index is 0.778. The maximum atomic E-state index is 5.49. The van der Waals surface area contributed by atoms with Crippen molar-refractivity contribution in [2.45, 2.75) is 13.1 Å². The normalized spacial score (nSPS) is 13.5. The Morgan fingerprint density at radius 3 is 1.74 bits per heavy atom. The minimum atomic E-state index is -2.11. The highest BCUT2D eigenvalue weighted by Gasteiger charge is 2.42. The first-order valence-electron chi connectivity index (χ1n) is 16.2. The van der Waals surface area contributed by atoms with E-state index in [1.54, 1.807) is 0 Å². The van der Waals surface area contributed by atoms with Crippen LogP contribution in [0.4, 0.5) is 0 Å². The number of fused-ring (bicyclic) bond motifs is 9. The van der Waals surface area contributed by atoms with Gasteiger partial charge in [-0.15, -0.1) is 0 Å². The number of benzene rings is 6. The second-order valence-corrected chi connectivity index (χ2v) is 17.3. The molecule has 0 radical (unpaired) electrons. The molecule has 0 amide bonds. The van der Waals surface area contributed by atoms with Crippen LogP contribution in [0.2, 0.25) is 13.1 Å². The molecule has 4 heterocycles. The summed E-state index contributed by atoms with van der Waals surface area (Å²) < 4.78 is 4.81. The van der Waals surface area contributed by atoms with E-state index in [-0.39, 0.29) is 0 Å². The lowest BCUT2D eigenvalue weighted by Gasteiger charge is -2.19. The molecule has 0 N–H and O–H groups in total. The average molecular weight is 619 g/mol. The molecule has 222 valence electrons. The van der Waals surface area contributed by atoms with Gasteiger partial charge in [0.1, 0.15) is 13.9 Å². The van der Waals surface area contributed by atoms with E-state index in [1.165, 1.54) is 54.2 Å². The summed E-state index contributed by atoms with van der Waals surface area (Å²) in [6, 6.07) is 52.3. The summed E-state index contributed by atoms with van der Waals surface area (Å²) in [5, 5.41) is 7.52. The molecule has 9 aromatic rings. The second kappa shape index (κ2) is 9.61. The Balaban J connectivity index is 1.38. The number of hydrogen-bond donors (Lipinski definition) is 0. The van der Waals surface area contributed by atoms with Crippen LogP contribution in [0.5, 0.6) is 0 Å². The van der Waals surface area contributed by atoms with Gasteiger partial charge in [0.15, 0.2) is 5.82 Å². The van der Waals surface area contributed by atoms with Gasteiger partial charge < -0.3 is 4.57 Å². The van der Waals surface area contributed by atoms with Gasteiger partial charge in [0.05, 0.1) is 22.1 Å². The molecular weight excluding hydrogens is 589 g/mol. The molecule has 3 aromatic heterocycles. The Bertz CT molecular complexity index is 2700. The van der Waals surface area contributed by atoms with Crippen molar-refractivity contribution >= 4 is 62.2 Å². The first-order chi connectivity index (χ1) is 23.1. The van der Waals surface area contributed by atoms with Crippen molar-refractivity contribution in [3.8, 4) is 34.0 Å². The number of aromatic nitrogens is 4. The number of para-hydroxylation sites is 3. The van der Waals surface area contributed by atoms with E-state index >= 15 is 0 Å². The molecule has 4 nitrogen and oxygen atoms in total. The fourth-order valence-electron chi connectivity index (χ4n) is 7.92. The largest absolute Gasteiger partial charge is 0.309 e. The van der Waals surface area contributed by atoms with Gasteiger partial charge in [-0.05, 0) is 47.1 Å². The van der Waals surface area contributed by atoms with Crippen LogP contribution in [0, 0.1) is 0 Å². The SMILES string of the molecule is C[Si]1(C)c2ccccc2-c2c(-n3c4ccccc4c4cc5c(cc43)c3ccccc3n5-c3ccccc3)nc(-c3ccccc3)nc21. The Labute approximate surface area is 273 Å². The van der Waals surface area contributed by atoms with Crippen LogP contribution in [0.3, 0.4) is 0 Å². The fraction of sp³-hybridized carbons (Fsp3) is 0.0476. The van der Waals surface area contributed by atoms with Crippen molar-refractivity contribution in [3.63, 3.8) is 0 Å². The predicted molar refractivity (Wildman–Crippen MR) is 198 cm³/mol. The summed E-state index contributed by atoms with van der Waals surface area (Å²) in [7, 11) is -2.11. The van der Waals surface area contributed by atoms with Gasteiger partial charge in [-0.1, -0.05) is 122 Å². The maximum Gasteiger partial charge on any atom is 0.161 e. The van der Waals surface area contributed by atoms with Gasteiger partial charge >= 0.3 is 0 Å². The average Bonchev–Trinajstić information content (AvgIpc) is 3.71. The van der Waals surface area contributed by atoms with E-state index in [9.17, 15) is 0 Å². The van der Waals surface area contributed by atoms with Crippen molar-refractivity contribution in [2.75, 3.05) is 0 Å². The van der Waals surface area contributed by atoms with Crippen LogP contribution >= 0.6 is 0 Å². The zero-order valence-electron chi connectivity index (χ0n) is 26.1. The summed E-state index contributed by atoms with van der Waals surface area (Å²) in [4.78, 5) is 10.9. The Morgan fingerprint density at radius 2 is 1.04 bits per heavy atom. The molecule has 0 saturated carbocycles. The Hall–Kier alpha value is -5.78. The molecule has 0 aliphatic carbocycles. The molecule has 0 saturated heterocycles. The molecular formula is C42H30N4Si. The summed E-state index contributed by atoms with van der Waals surface area (Å²) >= 11 is 0. The standard InChI is InChI=1S/C42H30N4Si/c1-47(2)38-24-14-11-21-31(38)39-41(43-40(44-42(39)47)27-15-5-3-6-16-27)46-35-23-13-10-20-30(35)33-25-36-32(26-37(33)46)29-19-9-12-22-34(29)45(36)28-17-7-4-8-18-28/h3-26H,1-2H3. The molecule has 10 rings (SSSR count). The van der Waals surface area contributed by atoms with Gasteiger partial charge in [-0.25, -0.2) is 9.97 Å². The van der Waals surface area contributed by atoms with Crippen molar-refractivity contribution in [3.05, 3.63) is 146 Å². The molecule has 0 fully saturated rings. The van der Waals surface area contributed by atoms with Crippen LogP contribution in [0.25, 0.3) is 77.6 Å². The first kappa shape index (κ1) is 26.4. The third-order valence-electron chi connectivity index (χ3n) is 10.1. The topological polar surface area (TPSA) is 35.6 Å². The summed E-state index contributed by atoms with van der Waals surface area (Å²) in [5.41, 5.74) is 9.33. The van der Waals surface area contributed by atoms with E-state index < -0.39 is 8.07 Å². The van der Waals surface area contributed by atoms with E-state index in [4.69, 9.17) is 9.97 Å². The van der Waals surface area contributed by atoms with Crippen LogP contribution < -0.4 is 10.5 Å². The quantitative estimate of drug-likeness (QED) is 0.185. The summed E-state index contributed by atoms with van der Waals surface area (Å²) in [6.45, 7) is 4.86. The molecule has 0 atom stereocenters. The van der Waals surface area contributed by atoms with E-state index in [0.717, 1.165) is 33.9 Å². The number of rotatable bonds is 3. The van der Waals surface area contributed by atoms with E-state index in [2.05, 4.69) is 168 Å². The first-order valence-corrected chi connectivity index (χ1v) is 19.2. The van der Waals surface area contributed by atoms with Gasteiger partial charge in [-0.3, -0.25) is 4.57 Å². The smallest absolute Gasteiger partial charge is 0.161 e. The fourth-order valence-corrected chi connectivity index (χ4v) is 10.8. The van der Waals surface area contributed by atoms with Crippen LogP contribution in [-0.2, 0) is 0 Å². The van der Waals surface area contributed by atoms with Gasteiger partial charge in [-0.2, -0.15) is 0 Å². The second-order valence-electron chi connectivity index (χ2n) is 13.1. The Kier molecular flexibility index (Phi) is 5.41. The summed E-state index contributed by atoms with van der Waals surface area (Å²) in [6.07, 6.45) is 0. The molecule has 0 spiro atoms. The number of nitrogens with zero attached hydrogens (tertiary/aromatic N) is 4. The lowest BCUT2D eigenvalue weighted by atomic mass is 10.1. The molecule has 6 aromatic carbocycles. The van der Waals surface area contributed by atoms with Crippen LogP contribution in [0.15, 0.2) is 146 Å². The minimum Gasteiger partial charge on any atom is -0.309 e. The monoisotopic (exact) mass is 618 g/mol. The van der Waals surface area contributed by atoms with E-state index in [1.807, 2.05) is 0 Å². The van der Waals surface area contributed by atoms with Crippen LogP contribution in [-0.4, -0.2) is 27.2 Å². The van der Waals surface area contributed by atoms with Crippen molar-refractivity contribution < 1.29 is 0 Å². The van der Waals surface area contributed by atoms with Gasteiger partial charge in [0, 0.05) is 43.7 Å². The lowest BCUT2D eigenvalue weighted by Crippen LogP contribution is -2.51. The third-order valence-corrected chi connectivity index (χ3v) is 13.4. The van der Waals surface area contributed by atoms with E-state index in [0.29, 0.717) is 0 Å². The Morgan fingerprint density at radius 1 is 0.489 bits per heavy atom. The highest BCUT2D eigenvalue weighted by molar-refractivity contribution is 7.03.